The van der Waals surface area contributed by atoms with Crippen LogP contribution < -0.4 is 10.6 Å². The number of hydrogen-bond donors (Lipinski definition) is 2. The van der Waals surface area contributed by atoms with Crippen LogP contribution in [0.25, 0.3) is 0 Å². The van der Waals surface area contributed by atoms with Crippen molar-refractivity contribution in [2.24, 2.45) is 5.92 Å². The fourth-order valence-electron chi connectivity index (χ4n) is 2.31. The van der Waals surface area contributed by atoms with Crippen LogP contribution >= 0.6 is 0 Å². The minimum Gasteiger partial charge on any atom is -0.347 e. The zero-order chi connectivity index (χ0) is 14.5. The molecule has 20 heavy (non-hydrogen) atoms. The molecule has 6 heteroatoms. The second kappa shape index (κ2) is 6.83. The van der Waals surface area contributed by atoms with E-state index in [0.29, 0.717) is 11.8 Å². The van der Waals surface area contributed by atoms with Crippen LogP contribution in [0.3, 0.4) is 0 Å². The van der Waals surface area contributed by atoms with Gasteiger partial charge in [-0.05, 0) is 45.1 Å². The van der Waals surface area contributed by atoms with Gasteiger partial charge in [0, 0.05) is 6.04 Å². The van der Waals surface area contributed by atoms with Gasteiger partial charge < -0.3 is 15.2 Å². The number of nitrogens with zero attached hydrogens (tertiary/aromatic N) is 2. The average molecular weight is 280 g/mol. The maximum atomic E-state index is 12.0. The molecule has 1 aromatic rings. The summed E-state index contributed by atoms with van der Waals surface area (Å²) in [5, 5.41) is 9.95. The smallest absolute Gasteiger partial charge is 0.292 e. The Morgan fingerprint density at radius 1 is 1.45 bits per heavy atom. The summed E-state index contributed by atoms with van der Waals surface area (Å²) in [5.74, 6) is 1.03. The predicted octanol–water partition coefficient (Wildman–Crippen LogP) is 2.05. The highest BCUT2D eigenvalue weighted by atomic mass is 16.5. The van der Waals surface area contributed by atoms with Gasteiger partial charge in [0.25, 0.3) is 11.7 Å². The van der Waals surface area contributed by atoms with E-state index in [-0.39, 0.29) is 23.8 Å². The van der Waals surface area contributed by atoms with E-state index in [1.165, 1.54) is 0 Å². The molecule has 2 N–H and O–H groups in total. The fraction of sp³-hybridized carbons (Fsp3) is 0.786. The van der Waals surface area contributed by atoms with Crippen molar-refractivity contribution in [1.29, 1.82) is 0 Å². The molecule has 1 aliphatic rings. The summed E-state index contributed by atoms with van der Waals surface area (Å²) in [4.78, 5) is 16.2. The third-order valence-corrected chi connectivity index (χ3v) is 3.56. The van der Waals surface area contributed by atoms with Gasteiger partial charge in [0.1, 0.15) is 0 Å². The first-order valence-corrected chi connectivity index (χ1v) is 7.44. The van der Waals surface area contributed by atoms with E-state index in [9.17, 15) is 4.79 Å². The molecule has 0 spiro atoms. The maximum Gasteiger partial charge on any atom is 0.292 e. The van der Waals surface area contributed by atoms with E-state index in [0.717, 1.165) is 32.2 Å². The standard InChI is InChI=1S/C14H24N4O2/c1-9(2)6-7-10(3)16-13(19)12-17-14(20-18-12)11-5-4-8-15-11/h9-11,15H,4-8H2,1-3H3,(H,16,19). The van der Waals surface area contributed by atoms with E-state index in [1.807, 2.05) is 6.92 Å². The molecule has 0 aliphatic carbocycles. The van der Waals surface area contributed by atoms with E-state index in [4.69, 9.17) is 4.52 Å². The molecule has 1 fully saturated rings. The van der Waals surface area contributed by atoms with Crippen LogP contribution in [0.15, 0.2) is 4.52 Å². The van der Waals surface area contributed by atoms with E-state index in [1.54, 1.807) is 0 Å². The predicted molar refractivity (Wildman–Crippen MR) is 75.3 cm³/mol. The molecule has 1 amide bonds. The number of aromatic nitrogens is 2. The molecule has 2 atom stereocenters. The molecule has 2 unspecified atom stereocenters. The Morgan fingerprint density at radius 3 is 2.90 bits per heavy atom. The Kier molecular flexibility index (Phi) is 5.11. The first kappa shape index (κ1) is 15.0. The molecule has 0 aromatic carbocycles. The quantitative estimate of drug-likeness (QED) is 0.833. The second-order valence-electron chi connectivity index (χ2n) is 5.95. The van der Waals surface area contributed by atoms with Gasteiger partial charge in [-0.15, -0.1) is 0 Å². The fourth-order valence-corrected chi connectivity index (χ4v) is 2.31. The molecular formula is C14H24N4O2. The van der Waals surface area contributed by atoms with Gasteiger partial charge in [0.2, 0.25) is 5.89 Å². The van der Waals surface area contributed by atoms with Crippen LogP contribution in [0.5, 0.6) is 0 Å². The Hall–Kier alpha value is -1.43. The zero-order valence-electron chi connectivity index (χ0n) is 12.5. The van der Waals surface area contributed by atoms with Crippen LogP contribution in [0.2, 0.25) is 0 Å². The van der Waals surface area contributed by atoms with Crippen molar-refractivity contribution < 1.29 is 9.32 Å². The lowest BCUT2D eigenvalue weighted by Gasteiger charge is -2.13. The SMILES string of the molecule is CC(C)CCC(C)NC(=O)c1noc(C2CCCN2)n1. The van der Waals surface area contributed by atoms with Gasteiger partial charge >= 0.3 is 0 Å². The van der Waals surface area contributed by atoms with E-state index in [2.05, 4.69) is 34.6 Å². The Labute approximate surface area is 119 Å². The van der Waals surface area contributed by atoms with Gasteiger partial charge in [0.15, 0.2) is 0 Å². The van der Waals surface area contributed by atoms with Crippen molar-refractivity contribution in [3.8, 4) is 0 Å². The molecule has 6 nitrogen and oxygen atoms in total. The monoisotopic (exact) mass is 280 g/mol. The molecule has 1 aliphatic heterocycles. The summed E-state index contributed by atoms with van der Waals surface area (Å²) >= 11 is 0. The molecule has 0 radical (unpaired) electrons. The lowest BCUT2D eigenvalue weighted by Crippen LogP contribution is -2.33. The topological polar surface area (TPSA) is 80.0 Å². The number of rotatable bonds is 6. The van der Waals surface area contributed by atoms with Crippen molar-refractivity contribution in [1.82, 2.24) is 20.8 Å². The highest BCUT2D eigenvalue weighted by molar-refractivity contribution is 5.90. The number of amides is 1. The maximum absolute atomic E-state index is 12.0. The van der Waals surface area contributed by atoms with Gasteiger partial charge in [-0.25, -0.2) is 0 Å². The van der Waals surface area contributed by atoms with Gasteiger partial charge in [-0.3, -0.25) is 4.79 Å². The van der Waals surface area contributed by atoms with E-state index >= 15 is 0 Å². The molecule has 0 bridgehead atoms. The number of carbonyl (C=O) groups is 1. The number of nitrogens with one attached hydrogen (secondary N) is 2. The van der Waals surface area contributed by atoms with Crippen molar-refractivity contribution in [3.63, 3.8) is 0 Å². The summed E-state index contributed by atoms with van der Waals surface area (Å²) in [6.07, 6.45) is 4.12. The Morgan fingerprint density at radius 2 is 2.25 bits per heavy atom. The van der Waals surface area contributed by atoms with Crippen molar-refractivity contribution in [2.45, 2.75) is 58.5 Å². The van der Waals surface area contributed by atoms with Crippen LogP contribution in [-0.2, 0) is 0 Å². The summed E-state index contributed by atoms with van der Waals surface area (Å²) in [7, 11) is 0. The number of hydrogen-bond acceptors (Lipinski definition) is 5. The van der Waals surface area contributed by atoms with Crippen molar-refractivity contribution in [3.05, 3.63) is 11.7 Å². The normalized spacial score (nSPS) is 20.3. The first-order chi connectivity index (χ1) is 9.56. The first-order valence-electron chi connectivity index (χ1n) is 7.44. The minimum atomic E-state index is -0.255. The van der Waals surface area contributed by atoms with Crippen LogP contribution in [0, 0.1) is 5.92 Å². The highest BCUT2D eigenvalue weighted by Crippen LogP contribution is 2.21. The lowest BCUT2D eigenvalue weighted by molar-refractivity contribution is 0.0923. The summed E-state index contributed by atoms with van der Waals surface area (Å²) in [6.45, 7) is 7.31. The third kappa shape index (κ3) is 4.03. The Bertz CT molecular complexity index is 438. The summed E-state index contributed by atoms with van der Waals surface area (Å²) in [5.41, 5.74) is 0. The highest BCUT2D eigenvalue weighted by Gasteiger charge is 2.24. The van der Waals surface area contributed by atoms with Crippen molar-refractivity contribution in [2.75, 3.05) is 6.54 Å². The summed E-state index contributed by atoms with van der Waals surface area (Å²) in [6, 6.07) is 0.221. The lowest BCUT2D eigenvalue weighted by atomic mass is 10.0. The average Bonchev–Trinajstić information content (AvgIpc) is 3.06. The molecule has 2 heterocycles. The molecule has 1 saturated heterocycles. The molecule has 2 rings (SSSR count). The molecule has 1 aromatic heterocycles. The molecule has 112 valence electrons. The van der Waals surface area contributed by atoms with E-state index < -0.39 is 0 Å². The molecular weight excluding hydrogens is 256 g/mol. The van der Waals surface area contributed by atoms with Gasteiger partial charge in [0.05, 0.1) is 6.04 Å². The summed E-state index contributed by atoms with van der Waals surface area (Å²) < 4.78 is 5.17. The Balaban J connectivity index is 1.86. The number of carbonyl (C=O) groups excluding carboxylic acids is 1. The second-order valence-corrected chi connectivity index (χ2v) is 5.95. The van der Waals surface area contributed by atoms with Gasteiger partial charge in [-0.1, -0.05) is 19.0 Å². The molecule has 0 saturated carbocycles. The van der Waals surface area contributed by atoms with Crippen LogP contribution in [-0.4, -0.2) is 28.6 Å². The van der Waals surface area contributed by atoms with Crippen LogP contribution in [0.4, 0.5) is 0 Å². The zero-order valence-corrected chi connectivity index (χ0v) is 12.5. The van der Waals surface area contributed by atoms with Crippen LogP contribution in [0.1, 0.15) is 69.0 Å². The minimum absolute atomic E-state index is 0.0995. The van der Waals surface area contributed by atoms with Gasteiger partial charge in [-0.2, -0.15) is 4.98 Å². The largest absolute Gasteiger partial charge is 0.347 e. The third-order valence-electron chi connectivity index (χ3n) is 3.56. The van der Waals surface area contributed by atoms with Crippen molar-refractivity contribution >= 4 is 5.91 Å².